The fourth-order valence-electron chi connectivity index (χ4n) is 3.40. The van der Waals surface area contributed by atoms with E-state index >= 15 is 0 Å². The first-order valence-corrected chi connectivity index (χ1v) is 10.9. The van der Waals surface area contributed by atoms with Crippen LogP contribution in [-0.4, -0.2) is 23.1 Å². The van der Waals surface area contributed by atoms with E-state index in [1.807, 2.05) is 36.6 Å². The highest BCUT2D eigenvalue weighted by Gasteiger charge is 2.16. The Kier molecular flexibility index (Phi) is 7.59. The Labute approximate surface area is 202 Å². The van der Waals surface area contributed by atoms with Crippen molar-refractivity contribution in [3.63, 3.8) is 0 Å². The van der Waals surface area contributed by atoms with Crippen molar-refractivity contribution in [2.45, 2.75) is 20.8 Å². The van der Waals surface area contributed by atoms with Gasteiger partial charge in [-0.25, -0.2) is 4.79 Å². The van der Waals surface area contributed by atoms with Crippen molar-refractivity contribution >= 4 is 46.8 Å². The van der Waals surface area contributed by atoms with Crippen LogP contribution in [0.2, 0.25) is 10.0 Å². The Morgan fingerprint density at radius 2 is 1.91 bits per heavy atom. The van der Waals surface area contributed by atoms with Gasteiger partial charge in [0, 0.05) is 22.1 Å². The molecule has 1 amide bonds. The summed E-state index contributed by atoms with van der Waals surface area (Å²) in [5, 5.41) is 12.9. The topological polar surface area (TPSA) is 84.1 Å². The number of carbonyl (C=O) groups excluding carboxylic acids is 2. The summed E-state index contributed by atoms with van der Waals surface area (Å²) in [7, 11) is 0. The SMILES string of the molecule is CCOC(=O)c1cccc(-n2c(C)cc(C=C(C#N)C(=O)Nc3ccc(Cl)cc3Cl)c2C)c1. The van der Waals surface area contributed by atoms with Crippen LogP contribution in [0.3, 0.4) is 0 Å². The van der Waals surface area contributed by atoms with E-state index in [0.717, 1.165) is 17.1 Å². The van der Waals surface area contributed by atoms with E-state index in [0.29, 0.717) is 28.4 Å². The molecule has 0 unspecified atom stereocenters. The zero-order chi connectivity index (χ0) is 24.1. The maximum atomic E-state index is 12.7. The Balaban J connectivity index is 1.94. The van der Waals surface area contributed by atoms with E-state index in [2.05, 4.69) is 5.32 Å². The maximum absolute atomic E-state index is 12.7. The Morgan fingerprint density at radius 3 is 2.58 bits per heavy atom. The predicted octanol–water partition coefficient (Wildman–Crippen LogP) is 6.12. The Bertz CT molecular complexity index is 1300. The number of nitrogens with one attached hydrogen (secondary N) is 1. The Hall–Kier alpha value is -3.53. The van der Waals surface area contributed by atoms with Crippen LogP contribution in [0.4, 0.5) is 5.69 Å². The van der Waals surface area contributed by atoms with E-state index in [1.54, 1.807) is 37.3 Å². The van der Waals surface area contributed by atoms with Gasteiger partial charge >= 0.3 is 5.97 Å². The molecule has 1 N–H and O–H groups in total. The van der Waals surface area contributed by atoms with Gasteiger partial charge in [0.25, 0.3) is 5.91 Å². The van der Waals surface area contributed by atoms with Crippen molar-refractivity contribution in [2.24, 2.45) is 0 Å². The number of amides is 1. The van der Waals surface area contributed by atoms with Gasteiger partial charge in [0.2, 0.25) is 0 Å². The first-order valence-electron chi connectivity index (χ1n) is 10.1. The van der Waals surface area contributed by atoms with Gasteiger partial charge in [-0.1, -0.05) is 29.3 Å². The van der Waals surface area contributed by atoms with Crippen molar-refractivity contribution in [2.75, 3.05) is 11.9 Å². The van der Waals surface area contributed by atoms with Crippen molar-refractivity contribution in [1.29, 1.82) is 5.26 Å². The zero-order valence-electron chi connectivity index (χ0n) is 18.3. The summed E-state index contributed by atoms with van der Waals surface area (Å²) >= 11 is 12.0. The number of hydrogen-bond acceptors (Lipinski definition) is 4. The van der Waals surface area contributed by atoms with E-state index < -0.39 is 11.9 Å². The minimum absolute atomic E-state index is 0.0819. The molecule has 0 spiro atoms. The lowest BCUT2D eigenvalue weighted by molar-refractivity contribution is -0.112. The molecule has 0 saturated heterocycles. The summed E-state index contributed by atoms with van der Waals surface area (Å²) in [6, 6.07) is 15.6. The molecule has 6 nitrogen and oxygen atoms in total. The second kappa shape index (κ2) is 10.4. The fraction of sp³-hybridized carbons (Fsp3) is 0.160. The van der Waals surface area contributed by atoms with Crippen LogP contribution in [0, 0.1) is 25.2 Å². The second-order valence-electron chi connectivity index (χ2n) is 7.18. The van der Waals surface area contributed by atoms with Crippen molar-refractivity contribution < 1.29 is 14.3 Å². The Morgan fingerprint density at radius 1 is 1.15 bits per heavy atom. The van der Waals surface area contributed by atoms with Crippen LogP contribution in [-0.2, 0) is 9.53 Å². The second-order valence-corrected chi connectivity index (χ2v) is 8.02. The molecule has 0 atom stereocenters. The summed E-state index contributed by atoms with van der Waals surface area (Å²) in [5.74, 6) is -0.984. The lowest BCUT2D eigenvalue weighted by Gasteiger charge is -2.11. The third-order valence-electron chi connectivity index (χ3n) is 4.93. The van der Waals surface area contributed by atoms with Gasteiger partial charge in [-0.2, -0.15) is 5.26 Å². The van der Waals surface area contributed by atoms with E-state index in [4.69, 9.17) is 27.9 Å². The highest BCUT2D eigenvalue weighted by molar-refractivity contribution is 6.36. The number of carbonyl (C=O) groups is 2. The molecule has 1 heterocycles. The lowest BCUT2D eigenvalue weighted by atomic mass is 10.1. The number of nitrogens with zero attached hydrogens (tertiary/aromatic N) is 2. The fourth-order valence-corrected chi connectivity index (χ4v) is 3.86. The van der Waals surface area contributed by atoms with Gasteiger partial charge in [-0.15, -0.1) is 0 Å². The summed E-state index contributed by atoms with van der Waals surface area (Å²) in [5.41, 5.74) is 3.86. The normalized spacial score (nSPS) is 11.1. The molecule has 0 bridgehead atoms. The van der Waals surface area contributed by atoms with Crippen LogP contribution >= 0.6 is 23.2 Å². The van der Waals surface area contributed by atoms with Gasteiger partial charge in [-0.05, 0) is 74.9 Å². The monoisotopic (exact) mass is 481 g/mol. The molecule has 2 aromatic carbocycles. The molecule has 0 aliphatic carbocycles. The van der Waals surface area contributed by atoms with E-state index in [-0.39, 0.29) is 10.6 Å². The summed E-state index contributed by atoms with van der Waals surface area (Å²) in [4.78, 5) is 24.8. The van der Waals surface area contributed by atoms with Gasteiger partial charge in [0.1, 0.15) is 11.6 Å². The van der Waals surface area contributed by atoms with E-state index in [9.17, 15) is 14.9 Å². The molecular formula is C25H21Cl2N3O3. The third-order valence-corrected chi connectivity index (χ3v) is 5.48. The van der Waals surface area contributed by atoms with Gasteiger partial charge in [0.05, 0.1) is 22.9 Å². The minimum Gasteiger partial charge on any atom is -0.462 e. The summed E-state index contributed by atoms with van der Waals surface area (Å²) in [6.45, 7) is 5.82. The maximum Gasteiger partial charge on any atom is 0.338 e. The van der Waals surface area contributed by atoms with E-state index in [1.165, 1.54) is 12.1 Å². The number of anilines is 1. The van der Waals surface area contributed by atoms with Crippen molar-refractivity contribution in [3.05, 3.63) is 86.7 Å². The molecule has 0 fully saturated rings. The standard InChI is InChI=1S/C25H21Cl2N3O3/c1-4-33-25(32)17-6-5-7-21(12-17)30-15(2)10-18(16(30)3)11-19(14-28)24(31)29-23-9-8-20(26)13-22(23)27/h5-13H,4H2,1-3H3,(H,29,31). The molecule has 0 aliphatic heterocycles. The van der Waals surface area contributed by atoms with Crippen LogP contribution in [0.1, 0.15) is 34.2 Å². The third kappa shape index (κ3) is 5.46. The predicted molar refractivity (Wildman–Crippen MR) is 130 cm³/mol. The number of esters is 1. The summed E-state index contributed by atoms with van der Waals surface area (Å²) in [6.07, 6.45) is 1.52. The molecule has 0 saturated carbocycles. The first-order chi connectivity index (χ1) is 15.7. The molecule has 3 aromatic rings. The number of ether oxygens (including phenoxy) is 1. The molecule has 0 radical (unpaired) electrons. The van der Waals surface area contributed by atoms with Crippen LogP contribution < -0.4 is 5.32 Å². The van der Waals surface area contributed by atoms with Crippen molar-refractivity contribution in [3.8, 4) is 11.8 Å². The van der Waals surface area contributed by atoms with Gasteiger partial charge < -0.3 is 14.6 Å². The van der Waals surface area contributed by atoms with Gasteiger partial charge in [-0.3, -0.25) is 4.79 Å². The molecule has 168 valence electrons. The highest BCUT2D eigenvalue weighted by Crippen LogP contribution is 2.27. The average Bonchev–Trinajstić information content (AvgIpc) is 3.06. The van der Waals surface area contributed by atoms with Crippen LogP contribution in [0.15, 0.2) is 54.1 Å². The number of rotatable bonds is 6. The molecule has 8 heteroatoms. The van der Waals surface area contributed by atoms with Crippen LogP contribution in [0.5, 0.6) is 0 Å². The molecule has 33 heavy (non-hydrogen) atoms. The lowest BCUT2D eigenvalue weighted by Crippen LogP contribution is -2.13. The van der Waals surface area contributed by atoms with Gasteiger partial charge in [0.15, 0.2) is 0 Å². The zero-order valence-corrected chi connectivity index (χ0v) is 19.8. The molecule has 3 rings (SSSR count). The number of benzene rings is 2. The number of aromatic nitrogens is 1. The molecule has 0 aliphatic rings. The number of aryl methyl sites for hydroxylation is 1. The smallest absolute Gasteiger partial charge is 0.338 e. The number of nitriles is 1. The number of halogens is 2. The largest absolute Gasteiger partial charge is 0.462 e. The number of hydrogen-bond donors (Lipinski definition) is 1. The minimum atomic E-state index is -0.587. The molecular weight excluding hydrogens is 461 g/mol. The molecule has 1 aromatic heterocycles. The first kappa shape index (κ1) is 24.1. The average molecular weight is 482 g/mol. The van der Waals surface area contributed by atoms with Crippen molar-refractivity contribution in [1.82, 2.24) is 4.57 Å². The van der Waals surface area contributed by atoms with Crippen LogP contribution in [0.25, 0.3) is 11.8 Å². The quantitative estimate of drug-likeness (QED) is 0.261. The highest BCUT2D eigenvalue weighted by atomic mass is 35.5. The summed E-state index contributed by atoms with van der Waals surface area (Å²) < 4.78 is 7.03.